The van der Waals surface area contributed by atoms with Gasteiger partial charge in [0.25, 0.3) is 0 Å². The molecule has 3 nitrogen and oxygen atoms in total. The Morgan fingerprint density at radius 1 is 1.41 bits per heavy atom. The van der Waals surface area contributed by atoms with E-state index in [1.807, 2.05) is 0 Å². The zero-order chi connectivity index (χ0) is 12.8. The van der Waals surface area contributed by atoms with E-state index < -0.39 is 16.8 Å². The summed E-state index contributed by atoms with van der Waals surface area (Å²) in [6.07, 6.45) is 2.98. The van der Waals surface area contributed by atoms with Gasteiger partial charge in [0.2, 0.25) is 0 Å². The Labute approximate surface area is 108 Å². The van der Waals surface area contributed by atoms with Gasteiger partial charge in [0.1, 0.15) is 0 Å². The van der Waals surface area contributed by atoms with Gasteiger partial charge in [-0.15, -0.1) is 0 Å². The minimum absolute atomic E-state index is 0.00741. The summed E-state index contributed by atoms with van der Waals surface area (Å²) in [5.74, 6) is -0.531. The third-order valence-electron chi connectivity index (χ3n) is 2.36. The Bertz CT molecular complexity index is 432. The highest BCUT2D eigenvalue weighted by atomic mass is 35.5. The Hall–Kier alpha value is -0.870. The molecule has 0 heterocycles. The zero-order valence-electron chi connectivity index (χ0n) is 9.61. The minimum atomic E-state index is -1.14. The molecule has 1 aromatic rings. The summed E-state index contributed by atoms with van der Waals surface area (Å²) in [6.45, 7) is 2.08. The molecule has 1 atom stereocenters. The number of halogens is 1. The number of hydrogen-bond donors (Lipinski definition) is 1. The summed E-state index contributed by atoms with van der Waals surface area (Å²) >= 11 is 5.74. The number of rotatable bonds is 6. The summed E-state index contributed by atoms with van der Waals surface area (Å²) in [6, 6.07) is 4.50. The second kappa shape index (κ2) is 6.77. The normalized spacial score (nSPS) is 12.4. The molecule has 1 unspecified atom stereocenters. The Morgan fingerprint density at radius 2 is 2.12 bits per heavy atom. The quantitative estimate of drug-likeness (QED) is 0.810. The van der Waals surface area contributed by atoms with Crippen molar-refractivity contribution in [2.24, 2.45) is 0 Å². The molecule has 0 fully saturated rings. The zero-order valence-corrected chi connectivity index (χ0v) is 11.2. The molecule has 1 N–H and O–H groups in total. The molecule has 0 aromatic heterocycles. The van der Waals surface area contributed by atoms with Crippen LogP contribution in [0.15, 0.2) is 23.1 Å². The van der Waals surface area contributed by atoms with Gasteiger partial charge in [0.05, 0.1) is 21.4 Å². The molecule has 0 spiro atoms. The van der Waals surface area contributed by atoms with Crippen molar-refractivity contribution >= 4 is 28.4 Å². The lowest BCUT2D eigenvalue weighted by Gasteiger charge is -2.04. The molecular weight excluding hydrogens is 260 g/mol. The van der Waals surface area contributed by atoms with Crippen LogP contribution in [0.5, 0.6) is 0 Å². The Morgan fingerprint density at radius 3 is 2.71 bits per heavy atom. The summed E-state index contributed by atoms with van der Waals surface area (Å²) in [5.41, 5.74) is 0.00741. The second-order valence-electron chi connectivity index (χ2n) is 3.70. The molecule has 1 rings (SSSR count). The molecule has 0 aliphatic carbocycles. The first kappa shape index (κ1) is 14.2. The smallest absolute Gasteiger partial charge is 0.337 e. The first-order valence-corrected chi connectivity index (χ1v) is 7.17. The number of unbranched alkanes of at least 4 members (excludes halogenated alkanes) is 2. The van der Waals surface area contributed by atoms with Crippen molar-refractivity contribution in [3.63, 3.8) is 0 Å². The van der Waals surface area contributed by atoms with Crippen LogP contribution in [-0.4, -0.2) is 21.0 Å². The largest absolute Gasteiger partial charge is 0.478 e. The highest BCUT2D eigenvalue weighted by Gasteiger charge is 2.12. The first-order valence-electron chi connectivity index (χ1n) is 5.47. The molecule has 1 aromatic carbocycles. The number of carbonyl (C=O) groups is 1. The summed E-state index contributed by atoms with van der Waals surface area (Å²) in [7, 11) is -1.14. The Kier molecular flexibility index (Phi) is 5.65. The fraction of sp³-hybridized carbons (Fsp3) is 0.417. The van der Waals surface area contributed by atoms with Crippen molar-refractivity contribution in [1.82, 2.24) is 0 Å². The van der Waals surface area contributed by atoms with Gasteiger partial charge in [-0.1, -0.05) is 31.4 Å². The summed E-state index contributed by atoms with van der Waals surface area (Å²) in [5, 5.41) is 9.08. The van der Waals surface area contributed by atoms with Crippen molar-refractivity contribution in [2.75, 3.05) is 5.75 Å². The van der Waals surface area contributed by atoms with E-state index in [1.165, 1.54) is 12.1 Å². The lowest BCUT2D eigenvalue weighted by Crippen LogP contribution is -2.02. The highest BCUT2D eigenvalue weighted by Crippen LogP contribution is 2.20. The van der Waals surface area contributed by atoms with Crippen LogP contribution in [0.4, 0.5) is 0 Å². The van der Waals surface area contributed by atoms with E-state index in [2.05, 4.69) is 6.92 Å². The van der Waals surface area contributed by atoms with Gasteiger partial charge < -0.3 is 5.11 Å². The van der Waals surface area contributed by atoms with Gasteiger partial charge in [0.15, 0.2) is 0 Å². The van der Waals surface area contributed by atoms with E-state index >= 15 is 0 Å². The molecule has 0 aliphatic heterocycles. The predicted octanol–water partition coefficient (Wildman–Crippen LogP) is 3.34. The maximum Gasteiger partial charge on any atom is 0.337 e. The third kappa shape index (κ3) is 4.13. The number of carboxylic acid groups (broad SMARTS) is 1. The van der Waals surface area contributed by atoms with Crippen LogP contribution in [0, 0.1) is 0 Å². The first-order chi connectivity index (χ1) is 8.06. The van der Waals surface area contributed by atoms with Crippen LogP contribution in [-0.2, 0) is 10.8 Å². The molecule has 0 aliphatic rings. The average molecular weight is 275 g/mol. The van der Waals surface area contributed by atoms with Crippen LogP contribution in [0.3, 0.4) is 0 Å². The molecule has 0 radical (unpaired) electrons. The molecule has 5 heteroatoms. The lowest BCUT2D eigenvalue weighted by atomic mass is 10.2. The standard InChI is InChI=1S/C12H15ClO3S/c1-2-3-4-7-17(16)9-5-6-11(13)10(8-9)12(14)15/h5-6,8H,2-4,7H2,1H3,(H,14,15). The predicted molar refractivity (Wildman–Crippen MR) is 69.2 cm³/mol. The fourth-order valence-corrected chi connectivity index (χ4v) is 2.78. The maximum absolute atomic E-state index is 11.9. The fourth-order valence-electron chi connectivity index (χ4n) is 1.41. The van der Waals surface area contributed by atoms with E-state index in [-0.39, 0.29) is 10.6 Å². The summed E-state index contributed by atoms with van der Waals surface area (Å²) in [4.78, 5) is 11.4. The lowest BCUT2D eigenvalue weighted by molar-refractivity contribution is 0.0697. The monoisotopic (exact) mass is 274 g/mol. The Balaban J connectivity index is 2.81. The van der Waals surface area contributed by atoms with Gasteiger partial charge in [-0.25, -0.2) is 4.79 Å². The van der Waals surface area contributed by atoms with Crippen molar-refractivity contribution in [2.45, 2.75) is 31.1 Å². The van der Waals surface area contributed by atoms with Crippen molar-refractivity contribution in [3.8, 4) is 0 Å². The van der Waals surface area contributed by atoms with Gasteiger partial charge in [-0.2, -0.15) is 0 Å². The average Bonchev–Trinajstić information content (AvgIpc) is 2.29. The summed E-state index contributed by atoms with van der Waals surface area (Å²) < 4.78 is 11.9. The van der Waals surface area contributed by atoms with Gasteiger partial charge >= 0.3 is 5.97 Å². The topological polar surface area (TPSA) is 54.4 Å². The molecular formula is C12H15ClO3S. The van der Waals surface area contributed by atoms with Crippen molar-refractivity contribution < 1.29 is 14.1 Å². The molecule has 0 saturated heterocycles. The molecule has 0 saturated carbocycles. The maximum atomic E-state index is 11.9. The van der Waals surface area contributed by atoms with E-state index in [4.69, 9.17) is 16.7 Å². The molecule has 94 valence electrons. The number of benzene rings is 1. The van der Waals surface area contributed by atoms with Crippen LogP contribution < -0.4 is 0 Å². The molecule has 0 amide bonds. The SMILES string of the molecule is CCCCCS(=O)c1ccc(Cl)c(C(=O)O)c1. The van der Waals surface area contributed by atoms with E-state index in [1.54, 1.807) is 6.07 Å². The second-order valence-corrected chi connectivity index (χ2v) is 5.68. The van der Waals surface area contributed by atoms with E-state index in [0.29, 0.717) is 10.6 Å². The number of aromatic carboxylic acids is 1. The molecule has 17 heavy (non-hydrogen) atoms. The van der Waals surface area contributed by atoms with Crippen LogP contribution in [0.1, 0.15) is 36.5 Å². The van der Waals surface area contributed by atoms with Gasteiger partial charge in [-0.3, -0.25) is 4.21 Å². The highest BCUT2D eigenvalue weighted by molar-refractivity contribution is 7.85. The third-order valence-corrected chi connectivity index (χ3v) is 4.13. The molecule has 0 bridgehead atoms. The van der Waals surface area contributed by atoms with Crippen LogP contribution >= 0.6 is 11.6 Å². The minimum Gasteiger partial charge on any atom is -0.478 e. The van der Waals surface area contributed by atoms with Crippen LogP contribution in [0.2, 0.25) is 5.02 Å². The number of hydrogen-bond acceptors (Lipinski definition) is 2. The van der Waals surface area contributed by atoms with Crippen LogP contribution in [0.25, 0.3) is 0 Å². The van der Waals surface area contributed by atoms with Crippen molar-refractivity contribution in [3.05, 3.63) is 28.8 Å². The van der Waals surface area contributed by atoms with Crippen molar-refractivity contribution in [1.29, 1.82) is 0 Å². The van der Waals surface area contributed by atoms with Gasteiger partial charge in [-0.05, 0) is 24.6 Å². The number of carboxylic acids is 1. The van der Waals surface area contributed by atoms with Gasteiger partial charge in [0, 0.05) is 10.6 Å². The van der Waals surface area contributed by atoms with E-state index in [0.717, 1.165) is 19.3 Å². The van der Waals surface area contributed by atoms with E-state index in [9.17, 15) is 9.00 Å².